The van der Waals surface area contributed by atoms with E-state index in [-0.39, 0.29) is 6.61 Å². The van der Waals surface area contributed by atoms with Crippen LogP contribution in [0.15, 0.2) is 0 Å². The van der Waals surface area contributed by atoms with Gasteiger partial charge in [-0.15, -0.1) is 0 Å². The Morgan fingerprint density at radius 3 is 0.700 bits per heavy atom. The highest BCUT2D eigenvalue weighted by atomic mass is 16.6. The molecule has 0 aromatic heterocycles. The number of rotatable bonds is 46. The molecule has 0 aliphatic carbocycles. The Hall–Kier alpha value is -0.520. The molecular formula is C37H76O13. The van der Waals surface area contributed by atoms with Crippen LogP contribution in [-0.4, -0.2) is 170 Å². The molecule has 0 fully saturated rings. The minimum absolute atomic E-state index is 0.0269. The first-order chi connectivity index (χ1) is 24.8. The van der Waals surface area contributed by atoms with Crippen molar-refractivity contribution in [3.8, 4) is 0 Å². The van der Waals surface area contributed by atoms with Gasteiger partial charge < -0.3 is 61.9 Å². The van der Waals surface area contributed by atoms with Gasteiger partial charge in [0, 0.05) is 6.61 Å². The Balaban J connectivity index is 3.05. The van der Waals surface area contributed by atoms with Crippen LogP contribution in [0.2, 0.25) is 0 Å². The third-order valence-electron chi connectivity index (χ3n) is 7.15. The highest BCUT2D eigenvalue weighted by molar-refractivity contribution is 4.50. The lowest BCUT2D eigenvalue weighted by Gasteiger charge is -2.09. The van der Waals surface area contributed by atoms with Gasteiger partial charge in [-0.3, -0.25) is 0 Å². The van der Waals surface area contributed by atoms with Gasteiger partial charge in [0.25, 0.3) is 0 Å². The maximum atomic E-state index is 8.59. The fraction of sp³-hybridized carbons (Fsp3) is 1.00. The summed E-state index contributed by atoms with van der Waals surface area (Å²) in [7, 11) is 0. The third-order valence-corrected chi connectivity index (χ3v) is 7.15. The van der Waals surface area contributed by atoms with E-state index in [0.717, 1.165) is 18.9 Å². The summed E-state index contributed by atoms with van der Waals surface area (Å²) in [6.07, 6.45) is 12.0. The Morgan fingerprint density at radius 1 is 0.260 bits per heavy atom. The predicted molar refractivity (Wildman–Crippen MR) is 193 cm³/mol. The molecule has 13 nitrogen and oxygen atoms in total. The van der Waals surface area contributed by atoms with E-state index in [1.165, 1.54) is 51.4 Å². The van der Waals surface area contributed by atoms with Crippen LogP contribution < -0.4 is 0 Å². The van der Waals surface area contributed by atoms with Crippen molar-refractivity contribution in [1.82, 2.24) is 0 Å². The number of ether oxygens (including phenoxy) is 12. The second-order valence-corrected chi connectivity index (χ2v) is 12.1. The Kier molecular flexibility index (Phi) is 46.0. The quantitative estimate of drug-likeness (QED) is 0.0893. The molecule has 0 amide bonds. The van der Waals surface area contributed by atoms with Crippen LogP contribution in [0.1, 0.15) is 71.6 Å². The molecule has 1 N–H and O–H groups in total. The zero-order valence-corrected chi connectivity index (χ0v) is 32.0. The van der Waals surface area contributed by atoms with Crippen molar-refractivity contribution in [3.05, 3.63) is 0 Å². The van der Waals surface area contributed by atoms with E-state index in [4.69, 9.17) is 61.9 Å². The monoisotopic (exact) mass is 729 g/mol. The van der Waals surface area contributed by atoms with E-state index in [1.54, 1.807) is 0 Å². The largest absolute Gasteiger partial charge is 0.394 e. The van der Waals surface area contributed by atoms with Crippen LogP contribution in [0.5, 0.6) is 0 Å². The predicted octanol–water partition coefficient (Wildman–Crippen LogP) is 4.34. The second kappa shape index (κ2) is 46.5. The van der Waals surface area contributed by atoms with E-state index in [9.17, 15) is 0 Å². The van der Waals surface area contributed by atoms with Crippen molar-refractivity contribution in [3.63, 3.8) is 0 Å². The Bertz CT molecular complexity index is 590. The maximum absolute atomic E-state index is 8.59. The molecule has 0 saturated heterocycles. The van der Waals surface area contributed by atoms with Crippen LogP contribution in [0.3, 0.4) is 0 Å². The van der Waals surface area contributed by atoms with Crippen molar-refractivity contribution >= 4 is 0 Å². The van der Waals surface area contributed by atoms with Gasteiger partial charge in [-0.05, 0) is 12.3 Å². The van der Waals surface area contributed by atoms with E-state index in [1.807, 2.05) is 0 Å². The summed E-state index contributed by atoms with van der Waals surface area (Å²) in [6, 6.07) is 0. The average molecular weight is 729 g/mol. The summed E-state index contributed by atoms with van der Waals surface area (Å²) in [5.41, 5.74) is 0. The first-order valence-electron chi connectivity index (χ1n) is 19.3. The zero-order chi connectivity index (χ0) is 36.1. The summed E-state index contributed by atoms with van der Waals surface area (Å²) in [5.74, 6) is 0.845. The molecule has 0 rings (SSSR count). The Morgan fingerprint density at radius 2 is 0.460 bits per heavy atom. The molecule has 50 heavy (non-hydrogen) atoms. The molecule has 0 unspecified atom stereocenters. The van der Waals surface area contributed by atoms with Crippen molar-refractivity contribution < 1.29 is 61.9 Å². The molecular weight excluding hydrogens is 652 g/mol. The van der Waals surface area contributed by atoms with Crippen LogP contribution in [0.25, 0.3) is 0 Å². The molecule has 0 atom stereocenters. The highest BCUT2D eigenvalue weighted by Gasteiger charge is 1.98. The molecule has 0 aromatic rings. The fourth-order valence-corrected chi connectivity index (χ4v) is 4.40. The Labute approximate surface area is 304 Å². The maximum Gasteiger partial charge on any atom is 0.0701 e. The lowest BCUT2D eigenvalue weighted by atomic mass is 10.0. The first kappa shape index (κ1) is 49.5. The standard InChI is InChI=1S/C37H76O13/c1-37(2)11-9-7-5-3-4-6-8-10-13-39-15-17-41-19-21-43-23-25-45-27-29-47-31-33-49-35-36-50-34-32-48-30-28-46-26-24-44-22-20-42-18-16-40-14-12-38/h37-38H,3-36H2,1-2H3. The fourth-order valence-electron chi connectivity index (χ4n) is 4.40. The lowest BCUT2D eigenvalue weighted by molar-refractivity contribution is -0.0286. The number of aliphatic hydroxyl groups is 1. The molecule has 302 valence electrons. The average Bonchev–Trinajstić information content (AvgIpc) is 3.11. The van der Waals surface area contributed by atoms with E-state index in [2.05, 4.69) is 13.8 Å². The van der Waals surface area contributed by atoms with Crippen LogP contribution >= 0.6 is 0 Å². The van der Waals surface area contributed by atoms with E-state index >= 15 is 0 Å². The van der Waals surface area contributed by atoms with Crippen LogP contribution in [-0.2, 0) is 56.8 Å². The minimum atomic E-state index is 0.0269. The summed E-state index contributed by atoms with van der Waals surface area (Å²) >= 11 is 0. The van der Waals surface area contributed by atoms with Gasteiger partial charge in [0.05, 0.1) is 159 Å². The lowest BCUT2D eigenvalue weighted by Crippen LogP contribution is -2.15. The van der Waals surface area contributed by atoms with Gasteiger partial charge in [0.1, 0.15) is 0 Å². The summed E-state index contributed by atoms with van der Waals surface area (Å²) in [5, 5.41) is 8.59. The number of hydrogen-bond donors (Lipinski definition) is 1. The minimum Gasteiger partial charge on any atom is -0.394 e. The van der Waals surface area contributed by atoms with E-state index < -0.39 is 0 Å². The number of aliphatic hydroxyl groups excluding tert-OH is 1. The topological polar surface area (TPSA) is 131 Å². The SMILES string of the molecule is CC(C)CCCCCCCCCCOCCOCCOCCOCCOCCOCCOCCOCCOCCOCCOCCOCCO. The molecule has 0 spiro atoms. The normalized spacial score (nSPS) is 11.8. The number of unbranched alkanes of at least 4 members (excludes halogenated alkanes) is 7. The van der Waals surface area contributed by atoms with Gasteiger partial charge in [-0.1, -0.05) is 65.2 Å². The molecule has 0 aromatic carbocycles. The van der Waals surface area contributed by atoms with Crippen LogP contribution in [0.4, 0.5) is 0 Å². The van der Waals surface area contributed by atoms with Crippen molar-refractivity contribution in [1.29, 1.82) is 0 Å². The van der Waals surface area contributed by atoms with Gasteiger partial charge in [0.2, 0.25) is 0 Å². The molecule has 0 radical (unpaired) electrons. The van der Waals surface area contributed by atoms with Crippen molar-refractivity contribution in [2.45, 2.75) is 71.6 Å². The third kappa shape index (κ3) is 47.5. The summed E-state index contributed by atoms with van der Waals surface area (Å²) < 4.78 is 65.5. The van der Waals surface area contributed by atoms with Gasteiger partial charge in [-0.25, -0.2) is 0 Å². The molecule has 13 heteroatoms. The van der Waals surface area contributed by atoms with Crippen LogP contribution in [0, 0.1) is 5.92 Å². The van der Waals surface area contributed by atoms with Gasteiger partial charge in [-0.2, -0.15) is 0 Å². The van der Waals surface area contributed by atoms with E-state index in [0.29, 0.717) is 152 Å². The zero-order valence-electron chi connectivity index (χ0n) is 32.0. The molecule has 0 aliphatic heterocycles. The first-order valence-corrected chi connectivity index (χ1v) is 19.3. The summed E-state index contributed by atoms with van der Waals surface area (Å²) in [6.45, 7) is 17.4. The molecule has 0 heterocycles. The second-order valence-electron chi connectivity index (χ2n) is 12.1. The smallest absolute Gasteiger partial charge is 0.0701 e. The van der Waals surface area contributed by atoms with Crippen molar-refractivity contribution in [2.24, 2.45) is 5.92 Å². The van der Waals surface area contributed by atoms with Gasteiger partial charge >= 0.3 is 0 Å². The van der Waals surface area contributed by atoms with Gasteiger partial charge in [0.15, 0.2) is 0 Å². The van der Waals surface area contributed by atoms with Crippen molar-refractivity contribution in [2.75, 3.05) is 165 Å². The molecule has 0 aliphatic rings. The summed E-state index contributed by atoms with van der Waals surface area (Å²) in [4.78, 5) is 0. The highest BCUT2D eigenvalue weighted by Crippen LogP contribution is 2.12. The number of hydrogen-bond acceptors (Lipinski definition) is 13. The molecule has 0 saturated carbocycles. The molecule has 0 bridgehead atoms.